The number of nitrogens with zero attached hydrogens (tertiary/aromatic N) is 2. The van der Waals surface area contributed by atoms with Crippen molar-refractivity contribution in [1.29, 1.82) is 0 Å². The van der Waals surface area contributed by atoms with Crippen molar-refractivity contribution in [2.75, 3.05) is 18.0 Å². The fourth-order valence-electron chi connectivity index (χ4n) is 2.23. The van der Waals surface area contributed by atoms with Crippen LogP contribution >= 0.6 is 11.3 Å². The van der Waals surface area contributed by atoms with Crippen molar-refractivity contribution in [2.24, 2.45) is 0 Å². The Morgan fingerprint density at radius 1 is 1.35 bits per heavy atom. The van der Waals surface area contributed by atoms with Gasteiger partial charge in [0.05, 0.1) is 0 Å². The van der Waals surface area contributed by atoms with Crippen molar-refractivity contribution >= 4 is 22.2 Å². The third-order valence-corrected chi connectivity index (χ3v) is 4.51. The lowest BCUT2D eigenvalue weighted by Crippen LogP contribution is -2.16. The van der Waals surface area contributed by atoms with E-state index in [-0.39, 0.29) is 0 Å². The third kappa shape index (κ3) is 3.38. The van der Waals surface area contributed by atoms with Gasteiger partial charge < -0.3 is 10.2 Å². The predicted molar refractivity (Wildman–Crippen MR) is 88.1 cm³/mol. The summed E-state index contributed by atoms with van der Waals surface area (Å²) in [6.07, 6.45) is 1.99. The van der Waals surface area contributed by atoms with Gasteiger partial charge in [-0.05, 0) is 45.0 Å². The Labute approximate surface area is 125 Å². The summed E-state index contributed by atoms with van der Waals surface area (Å²) in [7, 11) is 0. The molecule has 108 valence electrons. The standard InChI is InChI=1S/C16H23N3S/c1-5-17-13(4)15-11-18-16(20-15)19(6-2)14-9-7-8-12(3)10-14/h7-11,13,17H,5-6H2,1-4H3. The van der Waals surface area contributed by atoms with Crippen molar-refractivity contribution in [2.45, 2.75) is 33.7 Å². The molecule has 0 amide bonds. The zero-order valence-corrected chi connectivity index (χ0v) is 13.5. The van der Waals surface area contributed by atoms with Gasteiger partial charge in [0.15, 0.2) is 5.13 Å². The van der Waals surface area contributed by atoms with Gasteiger partial charge in [0.1, 0.15) is 0 Å². The first-order valence-electron chi connectivity index (χ1n) is 7.19. The van der Waals surface area contributed by atoms with E-state index in [9.17, 15) is 0 Å². The van der Waals surface area contributed by atoms with Crippen molar-refractivity contribution in [3.05, 3.63) is 40.9 Å². The molecule has 0 bridgehead atoms. The summed E-state index contributed by atoms with van der Waals surface area (Å²) in [5.41, 5.74) is 2.49. The van der Waals surface area contributed by atoms with E-state index in [0.29, 0.717) is 6.04 Å². The quantitative estimate of drug-likeness (QED) is 0.860. The van der Waals surface area contributed by atoms with Crippen LogP contribution in [-0.4, -0.2) is 18.1 Å². The first-order chi connectivity index (χ1) is 9.65. The maximum atomic E-state index is 4.60. The monoisotopic (exact) mass is 289 g/mol. The van der Waals surface area contributed by atoms with E-state index < -0.39 is 0 Å². The smallest absolute Gasteiger partial charge is 0.190 e. The molecule has 0 fully saturated rings. The molecule has 0 aliphatic heterocycles. The first-order valence-corrected chi connectivity index (χ1v) is 8.00. The summed E-state index contributed by atoms with van der Waals surface area (Å²) in [5.74, 6) is 0. The summed E-state index contributed by atoms with van der Waals surface area (Å²) >= 11 is 1.77. The number of nitrogens with one attached hydrogen (secondary N) is 1. The summed E-state index contributed by atoms with van der Waals surface area (Å²) < 4.78 is 0. The zero-order valence-electron chi connectivity index (χ0n) is 12.7. The number of benzene rings is 1. The number of aromatic nitrogens is 1. The molecule has 4 heteroatoms. The Hall–Kier alpha value is -1.39. The maximum absolute atomic E-state index is 4.60. The molecular formula is C16H23N3S. The topological polar surface area (TPSA) is 28.2 Å². The summed E-state index contributed by atoms with van der Waals surface area (Å²) in [5, 5.41) is 4.50. The molecule has 1 aromatic carbocycles. The molecule has 3 nitrogen and oxygen atoms in total. The normalized spacial score (nSPS) is 12.4. The van der Waals surface area contributed by atoms with Gasteiger partial charge in [0.2, 0.25) is 0 Å². The zero-order chi connectivity index (χ0) is 14.5. The Morgan fingerprint density at radius 3 is 2.80 bits per heavy atom. The Bertz CT molecular complexity index is 550. The molecule has 20 heavy (non-hydrogen) atoms. The van der Waals surface area contributed by atoms with Gasteiger partial charge in [0.25, 0.3) is 0 Å². The van der Waals surface area contributed by atoms with Crippen LogP contribution < -0.4 is 10.2 Å². The summed E-state index contributed by atoms with van der Waals surface area (Å²) in [4.78, 5) is 8.15. The minimum absolute atomic E-state index is 0.363. The lowest BCUT2D eigenvalue weighted by atomic mass is 10.2. The van der Waals surface area contributed by atoms with E-state index >= 15 is 0 Å². The SMILES string of the molecule is CCNC(C)c1cnc(N(CC)c2cccc(C)c2)s1. The Morgan fingerprint density at radius 2 is 2.15 bits per heavy atom. The average Bonchev–Trinajstić information content (AvgIpc) is 2.90. The van der Waals surface area contributed by atoms with Crippen LogP contribution in [0.5, 0.6) is 0 Å². The van der Waals surface area contributed by atoms with Gasteiger partial charge in [-0.2, -0.15) is 0 Å². The first kappa shape index (κ1) is 15.0. The van der Waals surface area contributed by atoms with E-state index in [1.54, 1.807) is 11.3 Å². The molecule has 0 aliphatic carbocycles. The molecular weight excluding hydrogens is 266 g/mol. The van der Waals surface area contributed by atoms with Crippen LogP contribution in [0.1, 0.15) is 37.3 Å². The second-order valence-corrected chi connectivity index (χ2v) is 5.95. The maximum Gasteiger partial charge on any atom is 0.190 e. The predicted octanol–water partition coefficient (Wildman–Crippen LogP) is 4.28. The Balaban J connectivity index is 2.24. The molecule has 0 aliphatic rings. The molecule has 2 rings (SSSR count). The van der Waals surface area contributed by atoms with Gasteiger partial charge in [0, 0.05) is 29.3 Å². The van der Waals surface area contributed by atoms with Crippen LogP contribution in [0, 0.1) is 6.92 Å². The fourth-order valence-corrected chi connectivity index (χ4v) is 3.26. The highest BCUT2D eigenvalue weighted by Crippen LogP contribution is 2.32. The highest BCUT2D eigenvalue weighted by Gasteiger charge is 2.14. The van der Waals surface area contributed by atoms with E-state index in [2.05, 4.69) is 67.2 Å². The number of anilines is 2. The van der Waals surface area contributed by atoms with E-state index in [1.807, 2.05) is 6.20 Å². The molecule has 1 N–H and O–H groups in total. The summed E-state index contributed by atoms with van der Waals surface area (Å²) in [6, 6.07) is 8.94. The Kier molecular flexibility index (Phi) is 5.15. The minimum atomic E-state index is 0.363. The van der Waals surface area contributed by atoms with Gasteiger partial charge in [-0.15, -0.1) is 0 Å². The van der Waals surface area contributed by atoms with Crippen LogP contribution in [0.25, 0.3) is 0 Å². The second-order valence-electron chi connectivity index (χ2n) is 4.91. The van der Waals surface area contributed by atoms with Crippen molar-refractivity contribution < 1.29 is 0 Å². The second kappa shape index (κ2) is 6.86. The highest BCUT2D eigenvalue weighted by molar-refractivity contribution is 7.15. The van der Waals surface area contributed by atoms with Gasteiger partial charge in [-0.3, -0.25) is 0 Å². The lowest BCUT2D eigenvalue weighted by molar-refractivity contribution is 0.606. The van der Waals surface area contributed by atoms with E-state index in [0.717, 1.165) is 18.2 Å². The van der Waals surface area contributed by atoms with Crippen LogP contribution in [0.15, 0.2) is 30.5 Å². The molecule has 1 heterocycles. The molecule has 0 saturated heterocycles. The van der Waals surface area contributed by atoms with Crippen molar-refractivity contribution in [1.82, 2.24) is 10.3 Å². The average molecular weight is 289 g/mol. The molecule has 2 aromatic rings. The number of thiazole rings is 1. The lowest BCUT2D eigenvalue weighted by Gasteiger charge is -2.20. The molecule has 0 radical (unpaired) electrons. The van der Waals surface area contributed by atoms with Gasteiger partial charge in [-0.25, -0.2) is 4.98 Å². The van der Waals surface area contributed by atoms with Gasteiger partial charge in [-0.1, -0.05) is 30.4 Å². The third-order valence-electron chi connectivity index (χ3n) is 3.31. The van der Waals surface area contributed by atoms with Crippen LogP contribution in [0.3, 0.4) is 0 Å². The fraction of sp³-hybridized carbons (Fsp3) is 0.438. The molecule has 0 saturated carbocycles. The molecule has 1 atom stereocenters. The number of rotatable bonds is 6. The van der Waals surface area contributed by atoms with Crippen molar-refractivity contribution in [3.63, 3.8) is 0 Å². The van der Waals surface area contributed by atoms with E-state index in [4.69, 9.17) is 0 Å². The highest BCUT2D eigenvalue weighted by atomic mass is 32.1. The van der Waals surface area contributed by atoms with Crippen LogP contribution in [0.4, 0.5) is 10.8 Å². The minimum Gasteiger partial charge on any atom is -0.318 e. The summed E-state index contributed by atoms with van der Waals surface area (Å²) in [6.45, 7) is 10.5. The van der Waals surface area contributed by atoms with E-state index in [1.165, 1.54) is 16.1 Å². The molecule has 0 spiro atoms. The van der Waals surface area contributed by atoms with Crippen molar-refractivity contribution in [3.8, 4) is 0 Å². The largest absolute Gasteiger partial charge is 0.318 e. The molecule has 1 aromatic heterocycles. The van der Waals surface area contributed by atoms with Crippen LogP contribution in [-0.2, 0) is 0 Å². The molecule has 1 unspecified atom stereocenters. The number of hydrogen-bond acceptors (Lipinski definition) is 4. The number of hydrogen-bond donors (Lipinski definition) is 1. The van der Waals surface area contributed by atoms with Gasteiger partial charge >= 0.3 is 0 Å². The number of aryl methyl sites for hydroxylation is 1. The van der Waals surface area contributed by atoms with Crippen LogP contribution in [0.2, 0.25) is 0 Å².